The molecule has 0 aliphatic rings. The van der Waals surface area contributed by atoms with Crippen molar-refractivity contribution in [1.29, 1.82) is 0 Å². The van der Waals surface area contributed by atoms with Crippen LogP contribution in [0.5, 0.6) is 0 Å². The molecule has 0 spiro atoms. The van der Waals surface area contributed by atoms with E-state index in [4.69, 9.17) is 0 Å². The molecule has 1 rings (SSSR count). The van der Waals surface area contributed by atoms with E-state index in [1.807, 2.05) is 25.1 Å². The molecule has 0 radical (unpaired) electrons. The van der Waals surface area contributed by atoms with Gasteiger partial charge in [0.15, 0.2) is 0 Å². The molecule has 17 heavy (non-hydrogen) atoms. The van der Waals surface area contributed by atoms with Crippen molar-refractivity contribution in [3.8, 4) is 0 Å². The third kappa shape index (κ3) is 5.20. The Balaban J connectivity index is 2.49. The summed E-state index contributed by atoms with van der Waals surface area (Å²) in [6.07, 6.45) is -0.340. The monoisotopic (exact) mass is 236 g/mol. The summed E-state index contributed by atoms with van der Waals surface area (Å²) in [6.45, 7) is 5.62. The molecule has 0 aromatic heterocycles. The van der Waals surface area contributed by atoms with Crippen LogP contribution < -0.4 is 5.32 Å². The summed E-state index contributed by atoms with van der Waals surface area (Å²) in [5, 5.41) is 13.0. The van der Waals surface area contributed by atoms with E-state index in [1.165, 1.54) is 5.56 Å². The van der Waals surface area contributed by atoms with Crippen LogP contribution >= 0.6 is 0 Å². The van der Waals surface area contributed by atoms with E-state index in [9.17, 15) is 5.11 Å². The maximum absolute atomic E-state index is 9.76. The largest absolute Gasteiger partial charge is 0.390 e. The summed E-state index contributed by atoms with van der Waals surface area (Å²) >= 11 is 0. The average Bonchev–Trinajstić information content (AvgIpc) is 2.26. The van der Waals surface area contributed by atoms with Gasteiger partial charge in [0.05, 0.1) is 6.10 Å². The van der Waals surface area contributed by atoms with Crippen LogP contribution in [-0.2, 0) is 0 Å². The molecule has 0 bridgehead atoms. The zero-order chi connectivity index (χ0) is 12.8. The molecular formula is C14H24N2O. The van der Waals surface area contributed by atoms with Crippen LogP contribution in [0.1, 0.15) is 25.3 Å². The Labute approximate surface area is 104 Å². The van der Waals surface area contributed by atoms with Crippen LogP contribution in [0, 0.1) is 0 Å². The topological polar surface area (TPSA) is 35.5 Å². The number of anilines is 1. The summed E-state index contributed by atoms with van der Waals surface area (Å²) < 4.78 is 0. The van der Waals surface area contributed by atoms with Gasteiger partial charge in [-0.05, 0) is 37.7 Å². The van der Waals surface area contributed by atoms with Gasteiger partial charge in [-0.3, -0.25) is 0 Å². The third-order valence-electron chi connectivity index (χ3n) is 2.67. The van der Waals surface area contributed by atoms with Gasteiger partial charge in [-0.25, -0.2) is 0 Å². The lowest BCUT2D eigenvalue weighted by Crippen LogP contribution is -2.31. The molecule has 0 fully saturated rings. The van der Waals surface area contributed by atoms with Crippen molar-refractivity contribution < 1.29 is 5.11 Å². The quantitative estimate of drug-likeness (QED) is 0.794. The van der Waals surface area contributed by atoms with Gasteiger partial charge in [-0.2, -0.15) is 0 Å². The van der Waals surface area contributed by atoms with Gasteiger partial charge in [0.2, 0.25) is 0 Å². The zero-order valence-corrected chi connectivity index (χ0v) is 11.3. The van der Waals surface area contributed by atoms with E-state index < -0.39 is 0 Å². The second-order valence-electron chi connectivity index (χ2n) is 5.08. The average molecular weight is 236 g/mol. The Morgan fingerprint density at radius 2 is 2.00 bits per heavy atom. The summed E-state index contributed by atoms with van der Waals surface area (Å²) in [5.74, 6) is 0.531. The number of rotatable bonds is 6. The lowest BCUT2D eigenvalue weighted by molar-refractivity contribution is 0.148. The Kier molecular flexibility index (Phi) is 5.45. The molecule has 1 aromatic rings. The fourth-order valence-corrected chi connectivity index (χ4v) is 1.73. The number of nitrogens with one attached hydrogen (secondary N) is 1. The number of benzene rings is 1. The third-order valence-corrected chi connectivity index (χ3v) is 2.67. The number of aliphatic hydroxyl groups is 1. The van der Waals surface area contributed by atoms with Crippen molar-refractivity contribution in [2.24, 2.45) is 0 Å². The molecule has 3 heteroatoms. The highest BCUT2D eigenvalue weighted by molar-refractivity contribution is 5.46. The Hall–Kier alpha value is -1.06. The van der Waals surface area contributed by atoms with Gasteiger partial charge in [0, 0.05) is 18.8 Å². The molecule has 3 nitrogen and oxygen atoms in total. The number of likely N-dealkylation sites (N-methyl/N-ethyl adjacent to an activating group) is 1. The van der Waals surface area contributed by atoms with Crippen molar-refractivity contribution in [3.63, 3.8) is 0 Å². The minimum Gasteiger partial charge on any atom is -0.390 e. The van der Waals surface area contributed by atoms with E-state index in [-0.39, 0.29) is 6.10 Å². The maximum Gasteiger partial charge on any atom is 0.0838 e. The van der Waals surface area contributed by atoms with E-state index in [1.54, 1.807) is 0 Å². The van der Waals surface area contributed by atoms with E-state index >= 15 is 0 Å². The van der Waals surface area contributed by atoms with Gasteiger partial charge in [0.25, 0.3) is 0 Å². The van der Waals surface area contributed by atoms with Crippen molar-refractivity contribution in [1.82, 2.24) is 4.90 Å². The molecule has 0 heterocycles. The van der Waals surface area contributed by atoms with Crippen LogP contribution in [-0.4, -0.2) is 43.3 Å². The number of aliphatic hydroxyl groups excluding tert-OH is 1. The van der Waals surface area contributed by atoms with Crippen molar-refractivity contribution >= 4 is 5.69 Å². The van der Waals surface area contributed by atoms with Gasteiger partial charge in [-0.1, -0.05) is 26.0 Å². The smallest absolute Gasteiger partial charge is 0.0838 e. The second kappa shape index (κ2) is 6.62. The lowest BCUT2D eigenvalue weighted by atomic mass is 10.0. The first-order chi connectivity index (χ1) is 7.99. The molecule has 0 aliphatic heterocycles. The van der Waals surface area contributed by atoms with Gasteiger partial charge in [0.1, 0.15) is 0 Å². The lowest BCUT2D eigenvalue weighted by Gasteiger charge is -2.17. The van der Waals surface area contributed by atoms with E-state index in [2.05, 4.69) is 37.4 Å². The van der Waals surface area contributed by atoms with E-state index in [0.29, 0.717) is 19.0 Å². The summed E-state index contributed by atoms with van der Waals surface area (Å²) in [6, 6.07) is 8.36. The summed E-state index contributed by atoms with van der Waals surface area (Å²) in [7, 11) is 3.92. The highest BCUT2D eigenvalue weighted by Gasteiger charge is 2.05. The van der Waals surface area contributed by atoms with Crippen LogP contribution in [0.4, 0.5) is 5.69 Å². The standard InChI is InChI=1S/C14H24N2O/c1-11(2)12-6-5-7-13(8-12)15-9-14(17)10-16(3)4/h5-8,11,14-15,17H,9-10H2,1-4H3. The number of hydrogen-bond acceptors (Lipinski definition) is 3. The van der Waals surface area contributed by atoms with Crippen LogP contribution in [0.2, 0.25) is 0 Å². The predicted octanol–water partition coefficient (Wildman–Crippen LogP) is 2.14. The molecule has 0 amide bonds. The highest BCUT2D eigenvalue weighted by atomic mass is 16.3. The van der Waals surface area contributed by atoms with Crippen LogP contribution in [0.25, 0.3) is 0 Å². The summed E-state index contributed by atoms with van der Waals surface area (Å²) in [4.78, 5) is 1.98. The number of hydrogen-bond donors (Lipinski definition) is 2. The van der Waals surface area contributed by atoms with Crippen molar-refractivity contribution in [2.75, 3.05) is 32.5 Å². The Morgan fingerprint density at radius 3 is 2.59 bits per heavy atom. The molecule has 1 unspecified atom stereocenters. The molecule has 0 saturated carbocycles. The molecule has 0 aliphatic carbocycles. The van der Waals surface area contributed by atoms with Crippen molar-refractivity contribution in [3.05, 3.63) is 29.8 Å². The first-order valence-corrected chi connectivity index (χ1v) is 6.15. The van der Waals surface area contributed by atoms with E-state index in [0.717, 1.165) is 5.69 Å². The maximum atomic E-state index is 9.76. The number of nitrogens with zero attached hydrogens (tertiary/aromatic N) is 1. The minimum atomic E-state index is -0.340. The van der Waals surface area contributed by atoms with Gasteiger partial charge < -0.3 is 15.3 Å². The molecule has 96 valence electrons. The van der Waals surface area contributed by atoms with Crippen LogP contribution in [0.3, 0.4) is 0 Å². The predicted molar refractivity (Wildman–Crippen MR) is 73.6 cm³/mol. The second-order valence-corrected chi connectivity index (χ2v) is 5.08. The Morgan fingerprint density at radius 1 is 1.29 bits per heavy atom. The molecular weight excluding hydrogens is 212 g/mol. The van der Waals surface area contributed by atoms with Gasteiger partial charge >= 0.3 is 0 Å². The summed E-state index contributed by atoms with van der Waals surface area (Å²) in [5.41, 5.74) is 2.39. The van der Waals surface area contributed by atoms with Gasteiger partial charge in [-0.15, -0.1) is 0 Å². The van der Waals surface area contributed by atoms with Crippen LogP contribution in [0.15, 0.2) is 24.3 Å². The normalized spacial score (nSPS) is 13.1. The fourth-order valence-electron chi connectivity index (χ4n) is 1.73. The zero-order valence-electron chi connectivity index (χ0n) is 11.3. The highest BCUT2D eigenvalue weighted by Crippen LogP contribution is 2.18. The molecule has 1 atom stereocenters. The Bertz CT molecular complexity index is 337. The SMILES string of the molecule is CC(C)c1cccc(NCC(O)CN(C)C)c1. The first kappa shape index (κ1) is 14.0. The minimum absolute atomic E-state index is 0.340. The van der Waals surface area contributed by atoms with Crippen molar-refractivity contribution in [2.45, 2.75) is 25.9 Å². The molecule has 2 N–H and O–H groups in total. The molecule has 0 saturated heterocycles. The molecule has 1 aromatic carbocycles. The first-order valence-electron chi connectivity index (χ1n) is 6.15. The fraction of sp³-hybridized carbons (Fsp3) is 0.571.